The second kappa shape index (κ2) is 5.10. The van der Waals surface area contributed by atoms with E-state index < -0.39 is 11.6 Å². The summed E-state index contributed by atoms with van der Waals surface area (Å²) in [5.41, 5.74) is 0.167. The zero-order valence-corrected chi connectivity index (χ0v) is 9.68. The SMILES string of the molecule is OC[C@@]1(Cc2ccc(F)cc2F)CCCNC1. The molecule has 94 valence electrons. The smallest absolute Gasteiger partial charge is 0.129 e. The van der Waals surface area contributed by atoms with E-state index in [0.29, 0.717) is 18.5 Å². The molecule has 0 saturated carbocycles. The number of hydrogen-bond donors (Lipinski definition) is 2. The number of aliphatic hydroxyl groups excluding tert-OH is 1. The van der Waals surface area contributed by atoms with Crippen molar-refractivity contribution >= 4 is 0 Å². The fourth-order valence-electron chi connectivity index (χ4n) is 2.44. The van der Waals surface area contributed by atoms with Crippen LogP contribution in [0, 0.1) is 17.0 Å². The van der Waals surface area contributed by atoms with Crippen LogP contribution in [0.4, 0.5) is 8.78 Å². The number of hydrogen-bond acceptors (Lipinski definition) is 2. The van der Waals surface area contributed by atoms with Gasteiger partial charge >= 0.3 is 0 Å². The molecule has 0 aliphatic carbocycles. The molecule has 1 aromatic carbocycles. The lowest BCUT2D eigenvalue weighted by Crippen LogP contribution is -2.44. The summed E-state index contributed by atoms with van der Waals surface area (Å²) in [6.07, 6.45) is 2.29. The minimum Gasteiger partial charge on any atom is -0.396 e. The van der Waals surface area contributed by atoms with Gasteiger partial charge in [-0.15, -0.1) is 0 Å². The summed E-state index contributed by atoms with van der Waals surface area (Å²) in [6.45, 7) is 1.64. The Morgan fingerprint density at radius 2 is 2.18 bits per heavy atom. The van der Waals surface area contributed by atoms with Crippen molar-refractivity contribution in [3.63, 3.8) is 0 Å². The Labute approximate surface area is 99.7 Å². The van der Waals surface area contributed by atoms with E-state index in [4.69, 9.17) is 0 Å². The van der Waals surface area contributed by atoms with Crippen LogP contribution >= 0.6 is 0 Å². The first-order valence-corrected chi connectivity index (χ1v) is 5.91. The highest BCUT2D eigenvalue weighted by Gasteiger charge is 2.32. The maximum Gasteiger partial charge on any atom is 0.129 e. The molecule has 0 amide bonds. The van der Waals surface area contributed by atoms with Gasteiger partial charge in [0.2, 0.25) is 0 Å². The number of aliphatic hydroxyl groups is 1. The van der Waals surface area contributed by atoms with Gasteiger partial charge in [0.15, 0.2) is 0 Å². The largest absolute Gasteiger partial charge is 0.396 e. The fraction of sp³-hybridized carbons (Fsp3) is 0.538. The molecule has 1 atom stereocenters. The van der Waals surface area contributed by atoms with Crippen molar-refractivity contribution in [2.45, 2.75) is 19.3 Å². The Balaban J connectivity index is 2.17. The second-order valence-electron chi connectivity index (χ2n) is 4.85. The van der Waals surface area contributed by atoms with Gasteiger partial charge in [0.25, 0.3) is 0 Å². The van der Waals surface area contributed by atoms with Gasteiger partial charge in [0.05, 0.1) is 6.61 Å². The standard InChI is InChI=1S/C13H17F2NO/c14-11-3-2-10(12(15)6-11)7-13(9-17)4-1-5-16-8-13/h2-3,6,16-17H,1,4-5,7-9H2/t13-/m1/s1. The van der Waals surface area contributed by atoms with E-state index in [0.717, 1.165) is 25.5 Å². The van der Waals surface area contributed by atoms with Crippen LogP contribution in [0.1, 0.15) is 18.4 Å². The van der Waals surface area contributed by atoms with E-state index in [1.165, 1.54) is 12.1 Å². The topological polar surface area (TPSA) is 32.3 Å². The van der Waals surface area contributed by atoms with E-state index in [9.17, 15) is 13.9 Å². The molecule has 0 aromatic heterocycles. The third-order valence-electron chi connectivity index (χ3n) is 3.48. The molecule has 17 heavy (non-hydrogen) atoms. The van der Waals surface area contributed by atoms with E-state index in [2.05, 4.69) is 5.32 Å². The summed E-state index contributed by atoms with van der Waals surface area (Å²) in [5.74, 6) is -1.09. The molecule has 1 saturated heterocycles. The molecule has 1 aliphatic rings. The maximum absolute atomic E-state index is 13.6. The van der Waals surface area contributed by atoms with Crippen LogP contribution in [-0.2, 0) is 6.42 Å². The molecule has 1 aliphatic heterocycles. The Hall–Kier alpha value is -1.00. The van der Waals surface area contributed by atoms with Crippen LogP contribution in [0.5, 0.6) is 0 Å². The number of nitrogens with one attached hydrogen (secondary N) is 1. The van der Waals surface area contributed by atoms with Gasteiger partial charge in [0.1, 0.15) is 11.6 Å². The molecule has 1 heterocycles. The first kappa shape index (κ1) is 12.5. The molecule has 2 rings (SSSR count). The average Bonchev–Trinajstić information content (AvgIpc) is 2.34. The average molecular weight is 241 g/mol. The van der Waals surface area contributed by atoms with Crippen molar-refractivity contribution in [3.8, 4) is 0 Å². The highest BCUT2D eigenvalue weighted by molar-refractivity contribution is 5.20. The highest BCUT2D eigenvalue weighted by atomic mass is 19.1. The fourth-order valence-corrected chi connectivity index (χ4v) is 2.44. The minimum absolute atomic E-state index is 0.0246. The zero-order valence-electron chi connectivity index (χ0n) is 9.68. The van der Waals surface area contributed by atoms with Crippen LogP contribution in [0.15, 0.2) is 18.2 Å². The summed E-state index contributed by atoms with van der Waals surface area (Å²) < 4.78 is 26.4. The number of benzene rings is 1. The second-order valence-corrected chi connectivity index (χ2v) is 4.85. The Morgan fingerprint density at radius 1 is 1.35 bits per heavy atom. The van der Waals surface area contributed by atoms with Crippen molar-refractivity contribution in [1.29, 1.82) is 0 Å². The molecule has 0 unspecified atom stereocenters. The van der Waals surface area contributed by atoms with E-state index in [1.807, 2.05) is 0 Å². The molecule has 4 heteroatoms. The molecule has 1 fully saturated rings. The van der Waals surface area contributed by atoms with Gasteiger partial charge in [-0.3, -0.25) is 0 Å². The van der Waals surface area contributed by atoms with Gasteiger partial charge in [-0.2, -0.15) is 0 Å². The molecule has 0 radical (unpaired) electrons. The normalized spacial score (nSPS) is 24.9. The summed E-state index contributed by atoms with van der Waals surface area (Å²) in [7, 11) is 0. The van der Waals surface area contributed by atoms with Gasteiger partial charge in [-0.05, 0) is 37.4 Å². The van der Waals surface area contributed by atoms with Crippen molar-refractivity contribution in [2.75, 3.05) is 19.7 Å². The maximum atomic E-state index is 13.6. The van der Waals surface area contributed by atoms with Gasteiger partial charge in [-0.25, -0.2) is 8.78 Å². The Kier molecular flexibility index (Phi) is 3.74. The minimum atomic E-state index is -0.564. The first-order valence-electron chi connectivity index (χ1n) is 5.91. The molecule has 2 N–H and O–H groups in total. The third-order valence-corrected chi connectivity index (χ3v) is 3.48. The molecule has 2 nitrogen and oxygen atoms in total. The van der Waals surface area contributed by atoms with Crippen LogP contribution in [0.2, 0.25) is 0 Å². The van der Waals surface area contributed by atoms with Crippen LogP contribution < -0.4 is 5.32 Å². The summed E-state index contributed by atoms with van der Waals surface area (Å²) in [6, 6.07) is 3.63. The molecular weight excluding hydrogens is 224 g/mol. The first-order chi connectivity index (χ1) is 8.15. The Morgan fingerprint density at radius 3 is 2.76 bits per heavy atom. The van der Waals surface area contributed by atoms with Crippen molar-refractivity contribution < 1.29 is 13.9 Å². The summed E-state index contributed by atoms with van der Waals surface area (Å²) in [4.78, 5) is 0. The zero-order chi connectivity index (χ0) is 12.3. The van der Waals surface area contributed by atoms with E-state index >= 15 is 0 Å². The molecule has 1 aromatic rings. The van der Waals surface area contributed by atoms with Gasteiger partial charge in [-0.1, -0.05) is 6.07 Å². The van der Waals surface area contributed by atoms with Gasteiger partial charge < -0.3 is 10.4 Å². The van der Waals surface area contributed by atoms with E-state index in [-0.39, 0.29) is 12.0 Å². The van der Waals surface area contributed by atoms with Crippen LogP contribution in [0.25, 0.3) is 0 Å². The number of rotatable bonds is 3. The highest BCUT2D eigenvalue weighted by Crippen LogP contribution is 2.31. The lowest BCUT2D eigenvalue weighted by molar-refractivity contribution is 0.0939. The monoisotopic (exact) mass is 241 g/mol. The third kappa shape index (κ3) is 2.82. The van der Waals surface area contributed by atoms with Crippen molar-refractivity contribution in [2.24, 2.45) is 5.41 Å². The number of piperidine rings is 1. The summed E-state index contributed by atoms with van der Waals surface area (Å²) >= 11 is 0. The molecule has 0 bridgehead atoms. The lowest BCUT2D eigenvalue weighted by Gasteiger charge is -2.36. The van der Waals surface area contributed by atoms with Crippen LogP contribution in [0.3, 0.4) is 0 Å². The number of halogens is 2. The van der Waals surface area contributed by atoms with Crippen LogP contribution in [-0.4, -0.2) is 24.8 Å². The summed E-state index contributed by atoms with van der Waals surface area (Å²) in [5, 5.41) is 12.7. The predicted octanol–water partition coefficient (Wildman–Crippen LogP) is 1.87. The quantitative estimate of drug-likeness (QED) is 0.846. The lowest BCUT2D eigenvalue weighted by atomic mass is 9.76. The predicted molar refractivity (Wildman–Crippen MR) is 61.7 cm³/mol. The van der Waals surface area contributed by atoms with E-state index in [1.54, 1.807) is 0 Å². The molecular formula is C13H17F2NO. The Bertz CT molecular complexity index is 389. The van der Waals surface area contributed by atoms with Crippen molar-refractivity contribution in [1.82, 2.24) is 5.32 Å². The van der Waals surface area contributed by atoms with Gasteiger partial charge in [0, 0.05) is 18.0 Å². The molecule has 0 spiro atoms. The van der Waals surface area contributed by atoms with Crippen molar-refractivity contribution in [3.05, 3.63) is 35.4 Å².